The van der Waals surface area contributed by atoms with E-state index in [4.69, 9.17) is 5.84 Å². The average molecular weight is 275 g/mol. The van der Waals surface area contributed by atoms with Crippen LogP contribution in [0.4, 0.5) is 4.39 Å². The predicted octanol–water partition coefficient (Wildman–Crippen LogP) is 3.28. The van der Waals surface area contributed by atoms with Crippen LogP contribution >= 0.6 is 15.9 Å². The van der Waals surface area contributed by atoms with Gasteiger partial charge < -0.3 is 0 Å². The average Bonchev–Trinajstić information content (AvgIpc) is 2.22. The molecule has 2 nitrogen and oxygen atoms in total. The molecule has 15 heavy (non-hydrogen) atoms. The molecule has 0 bridgehead atoms. The molecule has 0 fully saturated rings. The number of hydrazine groups is 1. The lowest BCUT2D eigenvalue weighted by atomic mass is 10.0. The minimum Gasteiger partial charge on any atom is -0.271 e. The van der Waals surface area contributed by atoms with E-state index in [2.05, 4.69) is 28.3 Å². The maximum Gasteiger partial charge on any atom is 0.129 e. The Bertz CT molecular complexity index is 297. The summed E-state index contributed by atoms with van der Waals surface area (Å²) in [5, 5.41) is 0. The molecule has 1 aromatic carbocycles. The van der Waals surface area contributed by atoms with E-state index in [1.807, 2.05) is 6.07 Å². The molecule has 1 aromatic rings. The second-order valence-corrected chi connectivity index (χ2v) is 4.35. The number of halogens is 2. The smallest absolute Gasteiger partial charge is 0.129 e. The molecule has 0 aromatic heterocycles. The summed E-state index contributed by atoms with van der Waals surface area (Å²) in [4.78, 5) is 0. The van der Waals surface area contributed by atoms with Gasteiger partial charge in [-0.2, -0.15) is 0 Å². The van der Waals surface area contributed by atoms with Crippen LogP contribution in [0.5, 0.6) is 0 Å². The van der Waals surface area contributed by atoms with Crippen LogP contribution < -0.4 is 11.3 Å². The molecule has 0 amide bonds. The summed E-state index contributed by atoms with van der Waals surface area (Å²) in [6.45, 7) is 2.10. The van der Waals surface area contributed by atoms with Crippen molar-refractivity contribution < 1.29 is 4.39 Å². The zero-order chi connectivity index (χ0) is 11.3. The van der Waals surface area contributed by atoms with Crippen LogP contribution in [0.3, 0.4) is 0 Å². The Morgan fingerprint density at radius 2 is 2.27 bits per heavy atom. The first-order valence-electron chi connectivity index (χ1n) is 5.10. The number of benzene rings is 1. The van der Waals surface area contributed by atoms with Crippen LogP contribution in [0.2, 0.25) is 0 Å². The van der Waals surface area contributed by atoms with E-state index >= 15 is 0 Å². The first-order valence-corrected chi connectivity index (χ1v) is 5.90. The Balaban J connectivity index is 2.90. The highest BCUT2D eigenvalue weighted by Gasteiger charge is 2.16. The maximum atomic E-state index is 13.6. The van der Waals surface area contributed by atoms with E-state index < -0.39 is 0 Å². The lowest BCUT2D eigenvalue weighted by Crippen LogP contribution is -2.29. The molecule has 0 heterocycles. The third kappa shape index (κ3) is 3.26. The van der Waals surface area contributed by atoms with Gasteiger partial charge in [0.25, 0.3) is 0 Å². The van der Waals surface area contributed by atoms with Gasteiger partial charge in [-0.15, -0.1) is 0 Å². The third-order valence-corrected chi connectivity index (χ3v) is 3.09. The summed E-state index contributed by atoms with van der Waals surface area (Å²) in [6, 6.07) is 4.84. The number of unbranched alkanes of at least 4 members (excludes halogenated alkanes) is 1. The SMILES string of the molecule is CCCCC(NN)c1c(F)cccc1Br. The molecule has 84 valence electrons. The Morgan fingerprint density at radius 3 is 2.80 bits per heavy atom. The number of hydrogen-bond donors (Lipinski definition) is 2. The standard InChI is InChI=1S/C11H16BrFN2/c1-2-3-7-10(15-14)11-8(12)5-4-6-9(11)13/h4-6,10,15H,2-3,7,14H2,1H3. The number of hydrogen-bond acceptors (Lipinski definition) is 2. The van der Waals surface area contributed by atoms with E-state index in [0.717, 1.165) is 23.7 Å². The van der Waals surface area contributed by atoms with Crippen molar-refractivity contribution in [3.63, 3.8) is 0 Å². The molecule has 1 atom stereocenters. The monoisotopic (exact) mass is 274 g/mol. The predicted molar refractivity (Wildman–Crippen MR) is 63.7 cm³/mol. The van der Waals surface area contributed by atoms with E-state index in [-0.39, 0.29) is 11.9 Å². The molecule has 0 saturated carbocycles. The minimum absolute atomic E-state index is 0.125. The zero-order valence-electron chi connectivity index (χ0n) is 8.76. The molecule has 0 aliphatic carbocycles. The lowest BCUT2D eigenvalue weighted by molar-refractivity contribution is 0.468. The van der Waals surface area contributed by atoms with Crippen molar-refractivity contribution >= 4 is 15.9 Å². The van der Waals surface area contributed by atoms with Crippen molar-refractivity contribution in [1.82, 2.24) is 5.43 Å². The molecule has 1 rings (SSSR count). The van der Waals surface area contributed by atoms with Gasteiger partial charge >= 0.3 is 0 Å². The van der Waals surface area contributed by atoms with E-state index in [1.165, 1.54) is 6.07 Å². The Morgan fingerprint density at radius 1 is 1.53 bits per heavy atom. The first kappa shape index (κ1) is 12.6. The Kier molecular flexibility index (Phi) is 5.22. The molecule has 0 aliphatic rings. The van der Waals surface area contributed by atoms with Crippen molar-refractivity contribution in [2.45, 2.75) is 32.2 Å². The lowest BCUT2D eigenvalue weighted by Gasteiger charge is -2.18. The molecule has 0 spiro atoms. The van der Waals surface area contributed by atoms with Crippen LogP contribution in [-0.4, -0.2) is 0 Å². The molecule has 0 aliphatic heterocycles. The number of nitrogens with two attached hydrogens (primary N) is 1. The van der Waals surface area contributed by atoms with Gasteiger partial charge in [-0.25, -0.2) is 4.39 Å². The van der Waals surface area contributed by atoms with E-state index in [9.17, 15) is 4.39 Å². The van der Waals surface area contributed by atoms with Crippen LogP contribution in [0.25, 0.3) is 0 Å². The third-order valence-electron chi connectivity index (χ3n) is 2.40. The number of nitrogens with one attached hydrogen (secondary N) is 1. The van der Waals surface area contributed by atoms with Gasteiger partial charge in [0, 0.05) is 16.1 Å². The Labute approximate surface area is 98.1 Å². The summed E-state index contributed by atoms with van der Waals surface area (Å²) < 4.78 is 14.4. The van der Waals surface area contributed by atoms with Crippen LogP contribution in [-0.2, 0) is 0 Å². The van der Waals surface area contributed by atoms with Crippen molar-refractivity contribution in [3.05, 3.63) is 34.1 Å². The van der Waals surface area contributed by atoms with Gasteiger partial charge in [-0.1, -0.05) is 41.8 Å². The fraction of sp³-hybridized carbons (Fsp3) is 0.455. The van der Waals surface area contributed by atoms with E-state index in [0.29, 0.717) is 5.56 Å². The maximum absolute atomic E-state index is 13.6. The first-order chi connectivity index (χ1) is 7.20. The quantitative estimate of drug-likeness (QED) is 0.639. The highest BCUT2D eigenvalue weighted by atomic mass is 79.9. The second kappa shape index (κ2) is 6.20. The summed E-state index contributed by atoms with van der Waals surface area (Å²) in [6.07, 6.45) is 2.94. The molecule has 0 radical (unpaired) electrons. The van der Waals surface area contributed by atoms with Gasteiger partial charge in [-0.3, -0.25) is 11.3 Å². The molecule has 1 unspecified atom stereocenters. The Hall–Kier alpha value is -0.450. The molecule has 4 heteroatoms. The molecular weight excluding hydrogens is 259 g/mol. The summed E-state index contributed by atoms with van der Waals surface area (Å²) in [5.41, 5.74) is 3.28. The zero-order valence-corrected chi connectivity index (χ0v) is 10.3. The number of rotatable bonds is 5. The second-order valence-electron chi connectivity index (χ2n) is 3.50. The van der Waals surface area contributed by atoms with Crippen LogP contribution in [0.1, 0.15) is 37.8 Å². The fourth-order valence-corrected chi connectivity index (χ4v) is 2.18. The largest absolute Gasteiger partial charge is 0.271 e. The summed E-state index contributed by atoms with van der Waals surface area (Å²) in [5.74, 6) is 5.23. The van der Waals surface area contributed by atoms with Gasteiger partial charge in [0.15, 0.2) is 0 Å². The van der Waals surface area contributed by atoms with Crippen LogP contribution in [0, 0.1) is 5.82 Å². The highest BCUT2D eigenvalue weighted by Crippen LogP contribution is 2.28. The van der Waals surface area contributed by atoms with Gasteiger partial charge in [-0.05, 0) is 18.6 Å². The van der Waals surface area contributed by atoms with Crippen molar-refractivity contribution in [3.8, 4) is 0 Å². The van der Waals surface area contributed by atoms with E-state index in [1.54, 1.807) is 6.07 Å². The van der Waals surface area contributed by atoms with Crippen LogP contribution in [0.15, 0.2) is 22.7 Å². The van der Waals surface area contributed by atoms with Crippen molar-refractivity contribution in [1.29, 1.82) is 0 Å². The molecule has 3 N–H and O–H groups in total. The molecular formula is C11H16BrFN2. The van der Waals surface area contributed by atoms with Gasteiger partial charge in [0.2, 0.25) is 0 Å². The molecule has 0 saturated heterocycles. The summed E-state index contributed by atoms with van der Waals surface area (Å²) >= 11 is 3.34. The minimum atomic E-state index is -0.219. The van der Waals surface area contributed by atoms with Gasteiger partial charge in [0.05, 0.1) is 0 Å². The topological polar surface area (TPSA) is 38.0 Å². The van der Waals surface area contributed by atoms with Crippen molar-refractivity contribution in [2.75, 3.05) is 0 Å². The normalized spacial score (nSPS) is 12.8. The van der Waals surface area contributed by atoms with Gasteiger partial charge in [0.1, 0.15) is 5.82 Å². The fourth-order valence-electron chi connectivity index (χ4n) is 1.56. The van der Waals surface area contributed by atoms with Crippen molar-refractivity contribution in [2.24, 2.45) is 5.84 Å². The summed E-state index contributed by atoms with van der Waals surface area (Å²) in [7, 11) is 0. The highest BCUT2D eigenvalue weighted by molar-refractivity contribution is 9.10.